The second kappa shape index (κ2) is 7.53. The highest BCUT2D eigenvalue weighted by atomic mass is 32.2. The number of nitrogens with zero attached hydrogens (tertiary/aromatic N) is 1. The van der Waals surface area contributed by atoms with Gasteiger partial charge in [0.1, 0.15) is 6.10 Å². The largest absolute Gasteiger partial charge is 0.473 e. The van der Waals surface area contributed by atoms with Crippen LogP contribution in [0, 0.1) is 5.92 Å². The molecule has 0 aromatic carbocycles. The maximum absolute atomic E-state index is 11.9. The minimum atomic E-state index is -0.0684. The molecule has 0 bridgehead atoms. The topological polar surface area (TPSA) is 51.2 Å². The average Bonchev–Trinajstić information content (AvgIpc) is 2.92. The standard InChI is InChI=1S/C15H22N2O2S/c1-11(2)5-7-16-15(18)12-3-4-14(17-9-12)19-13-6-8-20-10-13/h3-4,9,11,13H,5-8,10H2,1-2H3,(H,16,18). The summed E-state index contributed by atoms with van der Waals surface area (Å²) in [7, 11) is 0. The minimum absolute atomic E-state index is 0.0684. The molecule has 0 radical (unpaired) electrons. The van der Waals surface area contributed by atoms with Crippen LogP contribution in [0.3, 0.4) is 0 Å². The van der Waals surface area contributed by atoms with Crippen molar-refractivity contribution in [2.75, 3.05) is 18.1 Å². The van der Waals surface area contributed by atoms with Crippen LogP contribution in [-0.4, -0.2) is 35.0 Å². The first kappa shape index (κ1) is 15.2. The quantitative estimate of drug-likeness (QED) is 0.876. The van der Waals surface area contributed by atoms with Crippen molar-refractivity contribution in [2.24, 2.45) is 5.92 Å². The molecule has 1 aliphatic rings. The number of aromatic nitrogens is 1. The molecule has 1 atom stereocenters. The number of rotatable bonds is 6. The molecular weight excluding hydrogens is 272 g/mol. The van der Waals surface area contributed by atoms with Gasteiger partial charge in [0.2, 0.25) is 5.88 Å². The highest BCUT2D eigenvalue weighted by Gasteiger charge is 2.17. The molecule has 0 saturated carbocycles. The van der Waals surface area contributed by atoms with Crippen LogP contribution in [0.25, 0.3) is 0 Å². The zero-order valence-corrected chi connectivity index (χ0v) is 12.9. The first-order chi connectivity index (χ1) is 9.65. The van der Waals surface area contributed by atoms with Gasteiger partial charge in [0, 0.05) is 24.6 Å². The Hall–Kier alpha value is -1.23. The summed E-state index contributed by atoms with van der Waals surface area (Å²) in [5, 5.41) is 2.90. The molecular formula is C15H22N2O2S. The van der Waals surface area contributed by atoms with Crippen LogP contribution in [0.1, 0.15) is 37.0 Å². The zero-order valence-electron chi connectivity index (χ0n) is 12.1. The molecule has 4 nitrogen and oxygen atoms in total. The van der Waals surface area contributed by atoms with Gasteiger partial charge < -0.3 is 10.1 Å². The van der Waals surface area contributed by atoms with E-state index in [-0.39, 0.29) is 12.0 Å². The lowest BCUT2D eigenvalue weighted by atomic mass is 10.1. The molecule has 1 fully saturated rings. The van der Waals surface area contributed by atoms with Gasteiger partial charge in [-0.05, 0) is 30.6 Å². The molecule has 5 heteroatoms. The first-order valence-corrected chi connectivity index (χ1v) is 8.29. The Morgan fingerprint density at radius 1 is 1.55 bits per heavy atom. The summed E-state index contributed by atoms with van der Waals surface area (Å²) < 4.78 is 5.76. The average molecular weight is 294 g/mol. The second-order valence-electron chi connectivity index (χ2n) is 5.43. The molecule has 1 amide bonds. The van der Waals surface area contributed by atoms with Gasteiger partial charge in [0.15, 0.2) is 0 Å². The normalized spacial score (nSPS) is 18.2. The van der Waals surface area contributed by atoms with Crippen LogP contribution in [-0.2, 0) is 0 Å². The van der Waals surface area contributed by atoms with Crippen LogP contribution in [0.15, 0.2) is 18.3 Å². The Labute approximate surface area is 124 Å². The molecule has 1 aromatic heterocycles. The van der Waals surface area contributed by atoms with E-state index in [2.05, 4.69) is 24.1 Å². The van der Waals surface area contributed by atoms with Gasteiger partial charge in [-0.1, -0.05) is 13.8 Å². The maximum Gasteiger partial charge on any atom is 0.252 e. The summed E-state index contributed by atoms with van der Waals surface area (Å²) in [6, 6.07) is 3.55. The summed E-state index contributed by atoms with van der Waals surface area (Å²) in [6.07, 6.45) is 3.91. The highest BCUT2D eigenvalue weighted by Crippen LogP contribution is 2.21. The van der Waals surface area contributed by atoms with E-state index >= 15 is 0 Å². The first-order valence-electron chi connectivity index (χ1n) is 7.14. The van der Waals surface area contributed by atoms with E-state index in [0.717, 1.165) is 24.3 Å². The Morgan fingerprint density at radius 2 is 2.40 bits per heavy atom. The Bertz CT molecular complexity index is 428. The van der Waals surface area contributed by atoms with Crippen molar-refractivity contribution in [3.05, 3.63) is 23.9 Å². The van der Waals surface area contributed by atoms with Crippen molar-refractivity contribution < 1.29 is 9.53 Å². The summed E-state index contributed by atoms with van der Waals surface area (Å²) in [5.74, 6) is 3.31. The fourth-order valence-corrected chi connectivity index (χ4v) is 3.03. The number of thioether (sulfide) groups is 1. The number of amides is 1. The Kier molecular flexibility index (Phi) is 5.71. The van der Waals surface area contributed by atoms with Crippen LogP contribution < -0.4 is 10.1 Å². The Morgan fingerprint density at radius 3 is 3.00 bits per heavy atom. The van der Waals surface area contributed by atoms with Crippen LogP contribution in [0.5, 0.6) is 5.88 Å². The molecule has 1 aromatic rings. The lowest BCUT2D eigenvalue weighted by molar-refractivity contribution is 0.0951. The van der Waals surface area contributed by atoms with Crippen LogP contribution in [0.2, 0.25) is 0 Å². The van der Waals surface area contributed by atoms with Crippen molar-refractivity contribution >= 4 is 17.7 Å². The van der Waals surface area contributed by atoms with E-state index in [1.807, 2.05) is 11.8 Å². The van der Waals surface area contributed by atoms with Gasteiger partial charge in [-0.15, -0.1) is 0 Å². The molecule has 1 saturated heterocycles. The van der Waals surface area contributed by atoms with Crippen molar-refractivity contribution in [3.8, 4) is 5.88 Å². The van der Waals surface area contributed by atoms with Crippen molar-refractivity contribution in [3.63, 3.8) is 0 Å². The molecule has 2 heterocycles. The number of pyridine rings is 1. The molecule has 1 N–H and O–H groups in total. The fourth-order valence-electron chi connectivity index (χ4n) is 1.94. The number of ether oxygens (including phenoxy) is 1. The van der Waals surface area contributed by atoms with Gasteiger partial charge in [-0.2, -0.15) is 11.8 Å². The predicted molar refractivity (Wildman–Crippen MR) is 82.4 cm³/mol. The summed E-state index contributed by atoms with van der Waals surface area (Å²) in [4.78, 5) is 16.1. The van der Waals surface area contributed by atoms with E-state index in [0.29, 0.717) is 23.9 Å². The third-order valence-corrected chi connectivity index (χ3v) is 4.31. The summed E-state index contributed by atoms with van der Waals surface area (Å²) in [5.41, 5.74) is 0.585. The van der Waals surface area contributed by atoms with Gasteiger partial charge in [0.05, 0.1) is 5.56 Å². The number of hydrogen-bond acceptors (Lipinski definition) is 4. The maximum atomic E-state index is 11.9. The number of carbonyl (C=O) groups is 1. The monoisotopic (exact) mass is 294 g/mol. The highest BCUT2D eigenvalue weighted by molar-refractivity contribution is 7.99. The number of hydrogen-bond donors (Lipinski definition) is 1. The molecule has 0 spiro atoms. The smallest absolute Gasteiger partial charge is 0.252 e. The number of carbonyl (C=O) groups excluding carboxylic acids is 1. The van der Waals surface area contributed by atoms with E-state index < -0.39 is 0 Å². The Balaban J connectivity index is 1.82. The fraction of sp³-hybridized carbons (Fsp3) is 0.600. The van der Waals surface area contributed by atoms with Crippen molar-refractivity contribution in [1.29, 1.82) is 0 Å². The lowest BCUT2D eigenvalue weighted by Gasteiger charge is -2.11. The third-order valence-electron chi connectivity index (χ3n) is 3.18. The molecule has 20 heavy (non-hydrogen) atoms. The van der Waals surface area contributed by atoms with Gasteiger partial charge in [0.25, 0.3) is 5.91 Å². The minimum Gasteiger partial charge on any atom is -0.473 e. The molecule has 110 valence electrons. The van der Waals surface area contributed by atoms with Crippen molar-refractivity contribution in [2.45, 2.75) is 32.8 Å². The van der Waals surface area contributed by atoms with E-state index in [1.165, 1.54) is 0 Å². The van der Waals surface area contributed by atoms with E-state index in [1.54, 1.807) is 18.3 Å². The lowest BCUT2D eigenvalue weighted by Crippen LogP contribution is -2.25. The van der Waals surface area contributed by atoms with Crippen molar-refractivity contribution in [1.82, 2.24) is 10.3 Å². The van der Waals surface area contributed by atoms with Crippen LogP contribution in [0.4, 0.5) is 0 Å². The molecule has 0 aliphatic carbocycles. The van der Waals surface area contributed by atoms with E-state index in [4.69, 9.17) is 4.74 Å². The van der Waals surface area contributed by atoms with Gasteiger partial charge in [-0.3, -0.25) is 4.79 Å². The molecule has 1 aliphatic heterocycles. The second-order valence-corrected chi connectivity index (χ2v) is 6.58. The van der Waals surface area contributed by atoms with Gasteiger partial charge in [-0.25, -0.2) is 4.98 Å². The predicted octanol–water partition coefficient (Wildman–Crippen LogP) is 2.74. The third kappa shape index (κ3) is 4.71. The van der Waals surface area contributed by atoms with E-state index in [9.17, 15) is 4.79 Å². The van der Waals surface area contributed by atoms with Crippen LogP contribution >= 0.6 is 11.8 Å². The SMILES string of the molecule is CC(C)CCNC(=O)c1ccc(OC2CCSC2)nc1. The zero-order chi connectivity index (χ0) is 14.4. The molecule has 1 unspecified atom stereocenters. The number of nitrogens with one attached hydrogen (secondary N) is 1. The molecule has 2 rings (SSSR count). The summed E-state index contributed by atoms with van der Waals surface area (Å²) in [6.45, 7) is 4.98. The summed E-state index contributed by atoms with van der Waals surface area (Å²) >= 11 is 1.90. The van der Waals surface area contributed by atoms with Gasteiger partial charge >= 0.3 is 0 Å².